The molecule has 1 aromatic carbocycles. The normalized spacial score (nSPS) is 20.2. The molecule has 1 fully saturated rings. The maximum absolute atomic E-state index is 14.0. The van der Waals surface area contributed by atoms with E-state index < -0.39 is 22.8 Å². The molecule has 2 aromatic heterocycles. The SMILES string of the molecule is CN1C(=O)c2c(O)c(=O)c(-c3nnc(Cc4ccc(F)cc4F)s3)cn2[C@H]2CCCC[C@H]21. The van der Waals surface area contributed by atoms with E-state index in [2.05, 4.69) is 10.2 Å². The minimum absolute atomic E-state index is 0.00234. The van der Waals surface area contributed by atoms with E-state index in [1.807, 2.05) is 0 Å². The Morgan fingerprint density at radius 1 is 1.16 bits per heavy atom. The molecule has 2 aliphatic rings. The Morgan fingerprint density at radius 2 is 1.91 bits per heavy atom. The summed E-state index contributed by atoms with van der Waals surface area (Å²) in [6.45, 7) is 0. The van der Waals surface area contributed by atoms with Crippen LogP contribution >= 0.6 is 11.3 Å². The van der Waals surface area contributed by atoms with Gasteiger partial charge < -0.3 is 14.6 Å². The Balaban J connectivity index is 1.55. The van der Waals surface area contributed by atoms with Crippen LogP contribution in [0.2, 0.25) is 0 Å². The number of hydrogen-bond donors (Lipinski definition) is 1. The van der Waals surface area contributed by atoms with Crippen molar-refractivity contribution in [3.8, 4) is 16.3 Å². The second-order valence-electron chi connectivity index (χ2n) is 8.23. The maximum Gasteiger partial charge on any atom is 0.274 e. The minimum Gasteiger partial charge on any atom is -0.503 e. The Bertz CT molecular complexity index is 1290. The summed E-state index contributed by atoms with van der Waals surface area (Å²) in [6.07, 6.45) is 5.40. The standard InChI is InChI=1S/C22H20F2N4O3S/c1-27-15-4-2-3-5-16(15)28-10-13(19(29)20(30)18(28)22(27)31)21-26-25-17(32-21)8-11-6-7-12(23)9-14(11)24/h6-7,9-10,15-16,30H,2-5,8H2,1H3/t15-,16+/m1/s1. The van der Waals surface area contributed by atoms with Crippen molar-refractivity contribution in [2.75, 3.05) is 7.05 Å². The van der Waals surface area contributed by atoms with E-state index in [0.29, 0.717) is 5.01 Å². The summed E-state index contributed by atoms with van der Waals surface area (Å²) < 4.78 is 28.9. The molecule has 0 spiro atoms. The van der Waals surface area contributed by atoms with Crippen LogP contribution < -0.4 is 5.43 Å². The molecule has 3 aromatic rings. The lowest BCUT2D eigenvalue weighted by Gasteiger charge is -2.44. The van der Waals surface area contributed by atoms with Crippen LogP contribution in [0.25, 0.3) is 10.6 Å². The van der Waals surface area contributed by atoms with Crippen LogP contribution in [0.4, 0.5) is 8.78 Å². The van der Waals surface area contributed by atoms with Crippen LogP contribution in [0, 0.1) is 11.6 Å². The first kappa shape index (κ1) is 20.7. The molecular formula is C22H20F2N4O3S. The monoisotopic (exact) mass is 458 g/mol. The molecule has 2 atom stereocenters. The molecule has 3 heterocycles. The third-order valence-electron chi connectivity index (χ3n) is 6.34. The van der Waals surface area contributed by atoms with E-state index >= 15 is 0 Å². The van der Waals surface area contributed by atoms with E-state index in [0.717, 1.165) is 43.1 Å². The Hall–Kier alpha value is -3.14. The van der Waals surface area contributed by atoms with Gasteiger partial charge in [0, 0.05) is 25.7 Å². The van der Waals surface area contributed by atoms with Crippen molar-refractivity contribution in [3.05, 3.63) is 62.5 Å². The number of fused-ring (bicyclic) bond motifs is 3. The van der Waals surface area contributed by atoms with Crippen molar-refractivity contribution in [2.24, 2.45) is 0 Å². The Morgan fingerprint density at radius 3 is 2.66 bits per heavy atom. The predicted molar refractivity (Wildman–Crippen MR) is 114 cm³/mol. The molecule has 1 aliphatic heterocycles. The number of benzene rings is 1. The zero-order chi connectivity index (χ0) is 22.6. The van der Waals surface area contributed by atoms with E-state index in [1.54, 1.807) is 22.7 Å². The van der Waals surface area contributed by atoms with Gasteiger partial charge in [-0.15, -0.1) is 10.2 Å². The van der Waals surface area contributed by atoms with E-state index in [-0.39, 0.29) is 46.2 Å². The zero-order valence-electron chi connectivity index (χ0n) is 17.2. The fourth-order valence-corrected chi connectivity index (χ4v) is 5.56. The van der Waals surface area contributed by atoms with Gasteiger partial charge in [-0.05, 0) is 24.5 Å². The van der Waals surface area contributed by atoms with Gasteiger partial charge in [0.05, 0.1) is 17.6 Å². The van der Waals surface area contributed by atoms with Gasteiger partial charge in [-0.1, -0.05) is 30.2 Å². The molecule has 7 nitrogen and oxygen atoms in total. The van der Waals surface area contributed by atoms with Crippen LogP contribution in [0.5, 0.6) is 5.75 Å². The number of rotatable bonds is 3. The largest absolute Gasteiger partial charge is 0.503 e. The first-order chi connectivity index (χ1) is 15.3. The number of halogens is 2. The van der Waals surface area contributed by atoms with Gasteiger partial charge in [0.2, 0.25) is 5.43 Å². The molecule has 1 saturated carbocycles. The Labute approximate surface area is 186 Å². The summed E-state index contributed by atoms with van der Waals surface area (Å²) in [5, 5.41) is 19.5. The van der Waals surface area contributed by atoms with Crippen LogP contribution in [0.3, 0.4) is 0 Å². The number of amides is 1. The molecule has 0 unspecified atom stereocenters. The number of likely N-dealkylation sites (N-methyl/N-ethyl adjacent to an activating group) is 1. The topological polar surface area (TPSA) is 88.3 Å². The highest BCUT2D eigenvalue weighted by Gasteiger charge is 2.41. The summed E-state index contributed by atoms with van der Waals surface area (Å²) in [5.74, 6) is -2.31. The third-order valence-corrected chi connectivity index (χ3v) is 7.29. The number of hydrogen-bond acceptors (Lipinski definition) is 6. The molecular weight excluding hydrogens is 438 g/mol. The highest BCUT2D eigenvalue weighted by Crippen LogP contribution is 2.39. The van der Waals surface area contributed by atoms with Crippen molar-refractivity contribution in [3.63, 3.8) is 0 Å². The summed E-state index contributed by atoms with van der Waals surface area (Å²) >= 11 is 1.10. The van der Waals surface area contributed by atoms with Crippen LogP contribution in [0.15, 0.2) is 29.2 Å². The molecule has 0 bridgehead atoms. The number of nitrogens with zero attached hydrogens (tertiary/aromatic N) is 4. The highest BCUT2D eigenvalue weighted by molar-refractivity contribution is 7.14. The fourth-order valence-electron chi connectivity index (χ4n) is 4.69. The molecule has 0 radical (unpaired) electrons. The van der Waals surface area contributed by atoms with Gasteiger partial charge in [0.15, 0.2) is 16.5 Å². The van der Waals surface area contributed by atoms with Crippen LogP contribution in [-0.4, -0.2) is 43.8 Å². The molecule has 166 valence electrons. The number of aromatic nitrogens is 3. The molecule has 0 saturated heterocycles. The summed E-state index contributed by atoms with van der Waals surface area (Å²) in [7, 11) is 1.71. The fraction of sp³-hybridized carbons (Fsp3) is 0.364. The summed E-state index contributed by atoms with van der Waals surface area (Å²) in [4.78, 5) is 27.4. The lowest BCUT2D eigenvalue weighted by atomic mass is 9.86. The zero-order valence-corrected chi connectivity index (χ0v) is 18.0. The van der Waals surface area contributed by atoms with E-state index in [1.165, 1.54) is 12.1 Å². The lowest BCUT2D eigenvalue weighted by molar-refractivity contribution is 0.0509. The van der Waals surface area contributed by atoms with Crippen LogP contribution in [0.1, 0.15) is 52.8 Å². The van der Waals surface area contributed by atoms with Crippen molar-refractivity contribution in [2.45, 2.75) is 44.2 Å². The maximum atomic E-state index is 14.0. The predicted octanol–water partition coefficient (Wildman–Crippen LogP) is 3.51. The van der Waals surface area contributed by atoms with Gasteiger partial charge in [-0.2, -0.15) is 0 Å². The van der Waals surface area contributed by atoms with Gasteiger partial charge in [0.25, 0.3) is 5.91 Å². The van der Waals surface area contributed by atoms with Crippen molar-refractivity contribution in [1.29, 1.82) is 0 Å². The van der Waals surface area contributed by atoms with E-state index in [4.69, 9.17) is 0 Å². The molecule has 10 heteroatoms. The first-order valence-corrected chi connectivity index (χ1v) is 11.2. The number of pyridine rings is 1. The van der Waals surface area contributed by atoms with E-state index in [9.17, 15) is 23.5 Å². The Kier molecular flexibility index (Phi) is 5.04. The lowest BCUT2D eigenvalue weighted by Crippen LogP contribution is -2.50. The average Bonchev–Trinajstić information content (AvgIpc) is 3.24. The average molecular weight is 458 g/mol. The minimum atomic E-state index is -0.692. The number of aromatic hydroxyl groups is 1. The molecule has 32 heavy (non-hydrogen) atoms. The van der Waals surface area contributed by atoms with Gasteiger partial charge in [0.1, 0.15) is 16.6 Å². The van der Waals surface area contributed by atoms with Gasteiger partial charge >= 0.3 is 0 Å². The van der Waals surface area contributed by atoms with Crippen molar-refractivity contribution >= 4 is 17.2 Å². The number of carbonyl (C=O) groups is 1. The molecule has 1 amide bonds. The number of carbonyl (C=O) groups excluding carboxylic acids is 1. The smallest absolute Gasteiger partial charge is 0.274 e. The molecule has 1 N–H and O–H groups in total. The molecule has 5 rings (SSSR count). The van der Waals surface area contributed by atoms with Crippen LogP contribution in [-0.2, 0) is 6.42 Å². The second-order valence-corrected chi connectivity index (χ2v) is 9.29. The third kappa shape index (κ3) is 3.29. The quantitative estimate of drug-likeness (QED) is 0.649. The van der Waals surface area contributed by atoms with Crippen molar-refractivity contribution < 1.29 is 18.7 Å². The van der Waals surface area contributed by atoms with Gasteiger partial charge in [-0.3, -0.25) is 9.59 Å². The van der Waals surface area contributed by atoms with Gasteiger partial charge in [-0.25, -0.2) is 8.78 Å². The first-order valence-electron chi connectivity index (χ1n) is 10.4. The second kappa shape index (κ2) is 7.77. The molecule has 1 aliphatic carbocycles. The summed E-state index contributed by atoms with van der Waals surface area (Å²) in [5.41, 5.74) is -0.278. The highest BCUT2D eigenvalue weighted by atomic mass is 32.1. The summed E-state index contributed by atoms with van der Waals surface area (Å²) in [6, 6.07) is 3.29. The van der Waals surface area contributed by atoms with Crippen molar-refractivity contribution in [1.82, 2.24) is 19.7 Å².